The molecule has 0 aliphatic carbocycles. The van der Waals surface area contributed by atoms with E-state index in [-0.39, 0.29) is 0 Å². The van der Waals surface area contributed by atoms with E-state index >= 15 is 0 Å². The number of nitrogens with zero attached hydrogens (tertiary/aromatic N) is 3. The van der Waals surface area contributed by atoms with Crippen molar-refractivity contribution < 1.29 is 4.73 Å². The molecular weight excluding hydrogens is 188 g/mol. The van der Waals surface area contributed by atoms with Crippen LogP contribution in [0.2, 0.25) is 0 Å². The van der Waals surface area contributed by atoms with Gasteiger partial charge in [-0.25, -0.2) is 0 Å². The van der Waals surface area contributed by atoms with E-state index in [1.807, 2.05) is 0 Å². The van der Waals surface area contributed by atoms with Gasteiger partial charge >= 0.3 is 0 Å². The number of pyridine rings is 1. The second-order valence-corrected chi connectivity index (χ2v) is 3.15. The average molecular weight is 194 g/mol. The molecule has 0 atom stereocenters. The second-order valence-electron chi connectivity index (χ2n) is 2.37. The molecule has 0 aliphatic rings. The highest BCUT2D eigenvalue weighted by Gasteiger charge is 2.12. The molecule has 0 bridgehead atoms. The molecule has 0 aromatic carbocycles. The van der Waals surface area contributed by atoms with Crippen LogP contribution >= 0.6 is 11.5 Å². The van der Waals surface area contributed by atoms with Crippen LogP contribution in [0.1, 0.15) is 0 Å². The molecular formula is C7H6N4OS. The van der Waals surface area contributed by atoms with E-state index in [0.717, 1.165) is 11.5 Å². The van der Waals surface area contributed by atoms with Crippen molar-refractivity contribution in [1.29, 1.82) is 0 Å². The maximum Gasteiger partial charge on any atom is 0.262 e. The van der Waals surface area contributed by atoms with E-state index in [1.54, 1.807) is 18.2 Å². The highest BCUT2D eigenvalue weighted by molar-refractivity contribution is 7.09. The van der Waals surface area contributed by atoms with Gasteiger partial charge in [0.25, 0.3) is 5.69 Å². The van der Waals surface area contributed by atoms with E-state index in [2.05, 4.69) is 9.36 Å². The van der Waals surface area contributed by atoms with Crippen LogP contribution in [0.3, 0.4) is 0 Å². The Balaban J connectivity index is 2.52. The molecule has 0 fully saturated rings. The highest BCUT2D eigenvalue weighted by Crippen LogP contribution is 2.14. The van der Waals surface area contributed by atoms with Crippen molar-refractivity contribution in [3.63, 3.8) is 0 Å². The molecule has 2 heterocycles. The molecule has 2 aromatic heterocycles. The van der Waals surface area contributed by atoms with Crippen LogP contribution in [-0.4, -0.2) is 9.36 Å². The zero-order valence-electron chi connectivity index (χ0n) is 6.54. The first kappa shape index (κ1) is 7.93. The van der Waals surface area contributed by atoms with Crippen LogP contribution in [0.15, 0.2) is 24.4 Å². The van der Waals surface area contributed by atoms with Gasteiger partial charge in [0.2, 0.25) is 5.82 Å². The van der Waals surface area contributed by atoms with Gasteiger partial charge in [-0.05, 0) is 6.07 Å². The maximum absolute atomic E-state index is 11.2. The molecule has 0 saturated carbocycles. The Morgan fingerprint density at radius 1 is 1.46 bits per heavy atom. The van der Waals surface area contributed by atoms with Crippen LogP contribution in [0.4, 0.5) is 5.13 Å². The summed E-state index contributed by atoms with van der Waals surface area (Å²) in [6, 6.07) is 5.04. The topological polar surface area (TPSA) is 78.7 Å². The maximum atomic E-state index is 11.2. The summed E-state index contributed by atoms with van der Waals surface area (Å²) < 4.78 is 4.64. The van der Waals surface area contributed by atoms with Gasteiger partial charge in [0.15, 0.2) is 11.3 Å². The third-order valence-corrected chi connectivity index (χ3v) is 2.04. The summed E-state index contributed by atoms with van der Waals surface area (Å²) >= 11 is 1.07. The van der Waals surface area contributed by atoms with E-state index in [0.29, 0.717) is 21.4 Å². The first-order chi connectivity index (χ1) is 6.27. The van der Waals surface area contributed by atoms with Gasteiger partial charge < -0.3 is 10.9 Å². The van der Waals surface area contributed by atoms with Gasteiger partial charge in [-0.2, -0.15) is 14.1 Å². The van der Waals surface area contributed by atoms with Gasteiger partial charge in [0.05, 0.1) is 0 Å². The minimum atomic E-state index is 0.360. The first-order valence-corrected chi connectivity index (χ1v) is 4.32. The third kappa shape index (κ3) is 1.43. The largest absolute Gasteiger partial charge is 0.618 e. The van der Waals surface area contributed by atoms with Crippen LogP contribution in [0, 0.1) is 5.21 Å². The Hall–Kier alpha value is -1.69. The molecule has 6 heteroatoms. The molecule has 66 valence electrons. The smallest absolute Gasteiger partial charge is 0.262 e. The Morgan fingerprint density at radius 2 is 2.31 bits per heavy atom. The quantitative estimate of drug-likeness (QED) is 0.527. The van der Waals surface area contributed by atoms with Crippen LogP contribution in [-0.2, 0) is 0 Å². The van der Waals surface area contributed by atoms with Crippen molar-refractivity contribution in [3.05, 3.63) is 29.6 Å². The Morgan fingerprint density at radius 3 is 2.92 bits per heavy atom. The summed E-state index contributed by atoms with van der Waals surface area (Å²) in [5, 5.41) is 11.6. The van der Waals surface area contributed by atoms with Gasteiger partial charge in [0, 0.05) is 23.7 Å². The lowest BCUT2D eigenvalue weighted by Gasteiger charge is -1.98. The van der Waals surface area contributed by atoms with Gasteiger partial charge in [-0.1, -0.05) is 0 Å². The molecule has 13 heavy (non-hydrogen) atoms. The number of aromatic nitrogens is 3. The highest BCUT2D eigenvalue weighted by atomic mass is 32.1. The molecule has 2 aromatic rings. The summed E-state index contributed by atoms with van der Waals surface area (Å²) in [6.07, 6.45) is 1.40. The van der Waals surface area contributed by atoms with Crippen molar-refractivity contribution in [2.24, 2.45) is 0 Å². The SMILES string of the molecule is Nc1nc(-c2cccc[n+]2[O-])ns1. The van der Waals surface area contributed by atoms with E-state index < -0.39 is 0 Å². The first-order valence-electron chi connectivity index (χ1n) is 3.55. The van der Waals surface area contributed by atoms with Crippen LogP contribution < -0.4 is 10.5 Å². The lowest BCUT2D eigenvalue weighted by molar-refractivity contribution is -0.594. The van der Waals surface area contributed by atoms with Crippen molar-refractivity contribution in [1.82, 2.24) is 9.36 Å². The summed E-state index contributed by atoms with van der Waals surface area (Å²) in [4.78, 5) is 3.91. The number of hydrogen-bond acceptors (Lipinski definition) is 5. The number of hydrogen-bond donors (Lipinski definition) is 1. The molecule has 5 nitrogen and oxygen atoms in total. The summed E-state index contributed by atoms with van der Waals surface area (Å²) in [6.45, 7) is 0. The second kappa shape index (κ2) is 2.98. The van der Waals surface area contributed by atoms with Crippen LogP contribution in [0.5, 0.6) is 0 Å². The van der Waals surface area contributed by atoms with Gasteiger partial charge in [-0.15, -0.1) is 0 Å². The Kier molecular flexibility index (Phi) is 1.82. The Bertz CT molecular complexity index is 428. The molecule has 0 spiro atoms. The Labute approximate surface area is 78.2 Å². The number of anilines is 1. The fraction of sp³-hybridized carbons (Fsp3) is 0. The molecule has 0 radical (unpaired) electrons. The number of rotatable bonds is 1. The summed E-state index contributed by atoms with van der Waals surface area (Å²) in [7, 11) is 0. The monoisotopic (exact) mass is 194 g/mol. The molecule has 2 N–H and O–H groups in total. The van der Waals surface area contributed by atoms with Gasteiger partial charge in [-0.3, -0.25) is 0 Å². The normalized spacial score (nSPS) is 10.2. The minimum absolute atomic E-state index is 0.360. The standard InChI is InChI=1S/C7H6N4OS/c8-7-9-6(10-13-7)5-3-1-2-4-11(5)12/h1-4H,(H2,8,9,10). The number of nitrogen functional groups attached to an aromatic ring is 1. The summed E-state index contributed by atoms with van der Waals surface area (Å²) in [5.74, 6) is 0.373. The predicted molar refractivity (Wildman–Crippen MR) is 48.7 cm³/mol. The molecule has 2 rings (SSSR count). The average Bonchev–Trinajstić information content (AvgIpc) is 2.53. The molecule has 0 saturated heterocycles. The lowest BCUT2D eigenvalue weighted by Crippen LogP contribution is -2.28. The van der Waals surface area contributed by atoms with Crippen molar-refractivity contribution in [2.45, 2.75) is 0 Å². The zero-order valence-corrected chi connectivity index (χ0v) is 7.36. The number of nitrogens with two attached hydrogens (primary N) is 1. The predicted octanol–water partition coefficient (Wildman–Crippen LogP) is 0.421. The summed E-state index contributed by atoms with van der Waals surface area (Å²) in [5.41, 5.74) is 5.81. The lowest BCUT2D eigenvalue weighted by atomic mass is 10.3. The van der Waals surface area contributed by atoms with Crippen molar-refractivity contribution in [3.8, 4) is 11.5 Å². The zero-order chi connectivity index (χ0) is 9.26. The van der Waals surface area contributed by atoms with E-state index in [9.17, 15) is 5.21 Å². The van der Waals surface area contributed by atoms with Crippen molar-refractivity contribution >= 4 is 16.7 Å². The molecule has 0 unspecified atom stereocenters. The molecule has 0 amide bonds. The fourth-order valence-corrected chi connectivity index (χ4v) is 1.38. The van der Waals surface area contributed by atoms with Gasteiger partial charge in [0.1, 0.15) is 0 Å². The van der Waals surface area contributed by atoms with Crippen LogP contribution in [0.25, 0.3) is 11.5 Å². The molecule has 0 aliphatic heterocycles. The minimum Gasteiger partial charge on any atom is -0.618 e. The fourth-order valence-electron chi connectivity index (χ4n) is 0.941. The van der Waals surface area contributed by atoms with E-state index in [4.69, 9.17) is 5.73 Å². The van der Waals surface area contributed by atoms with E-state index in [1.165, 1.54) is 6.20 Å². The van der Waals surface area contributed by atoms with Crippen molar-refractivity contribution in [2.75, 3.05) is 5.73 Å². The third-order valence-electron chi connectivity index (χ3n) is 1.49.